The minimum Gasteiger partial charge on any atom is -0.300 e. The lowest BCUT2D eigenvalue weighted by Crippen LogP contribution is -2.33. The average Bonchev–Trinajstić information content (AvgIpc) is 2.91. The Morgan fingerprint density at radius 3 is 2.82 bits per heavy atom. The Balaban J connectivity index is 1.84. The molecule has 2 aromatic heterocycles. The van der Waals surface area contributed by atoms with Gasteiger partial charge in [-0.25, -0.2) is 9.67 Å². The van der Waals surface area contributed by atoms with Crippen molar-refractivity contribution >= 4 is 32.6 Å². The number of rotatable bonds is 3. The molecule has 22 heavy (non-hydrogen) atoms. The average molecular weight is 314 g/mol. The maximum atomic E-state index is 12.3. The Morgan fingerprint density at radius 2 is 2.05 bits per heavy atom. The highest BCUT2D eigenvalue weighted by Gasteiger charge is 2.18. The molecule has 3 rings (SSSR count). The van der Waals surface area contributed by atoms with Crippen molar-refractivity contribution in [1.82, 2.24) is 14.8 Å². The molecule has 1 unspecified atom stereocenters. The van der Waals surface area contributed by atoms with Gasteiger partial charge in [-0.05, 0) is 32.0 Å². The molecule has 0 fully saturated rings. The first-order chi connectivity index (χ1) is 10.5. The summed E-state index contributed by atoms with van der Waals surface area (Å²) in [6.45, 7) is 3.41. The highest BCUT2D eigenvalue weighted by Crippen LogP contribution is 2.25. The smallest absolute Gasteiger partial charge is 0.267 e. The monoisotopic (exact) mass is 314 g/mol. The van der Waals surface area contributed by atoms with E-state index in [2.05, 4.69) is 15.4 Å². The molecule has 1 aromatic carbocycles. The third-order valence-corrected chi connectivity index (χ3v) is 4.18. The fourth-order valence-corrected chi connectivity index (χ4v) is 2.91. The minimum atomic E-state index is -0.709. The highest BCUT2D eigenvalue weighted by atomic mass is 32.1. The van der Waals surface area contributed by atoms with Crippen LogP contribution >= 0.6 is 11.3 Å². The SMILES string of the molecule is Cc1ccc(=O)n(C(C)C(=O)Nc2nc3ccccc3s2)n1. The standard InChI is InChI=1S/C15H14N4O2S/c1-9-7-8-13(20)19(18-9)10(2)14(21)17-15-16-11-5-3-4-6-12(11)22-15/h3-8,10H,1-2H3,(H,16,17,21). The van der Waals surface area contributed by atoms with Gasteiger partial charge < -0.3 is 5.32 Å². The summed E-state index contributed by atoms with van der Waals surface area (Å²) < 4.78 is 2.18. The summed E-state index contributed by atoms with van der Waals surface area (Å²) in [4.78, 5) is 28.5. The van der Waals surface area contributed by atoms with Gasteiger partial charge in [0.2, 0.25) is 0 Å². The molecule has 6 nitrogen and oxygen atoms in total. The summed E-state index contributed by atoms with van der Waals surface area (Å²) in [5, 5.41) is 7.36. The van der Waals surface area contributed by atoms with Crippen LogP contribution in [-0.4, -0.2) is 20.7 Å². The molecule has 3 aromatic rings. The summed E-state index contributed by atoms with van der Waals surface area (Å²) in [6, 6.07) is 9.97. The first-order valence-corrected chi connectivity index (χ1v) is 7.59. The highest BCUT2D eigenvalue weighted by molar-refractivity contribution is 7.22. The molecular weight excluding hydrogens is 300 g/mol. The first kappa shape index (κ1) is 14.4. The van der Waals surface area contributed by atoms with Gasteiger partial charge in [0.15, 0.2) is 5.13 Å². The van der Waals surface area contributed by atoms with Crippen LogP contribution in [0.1, 0.15) is 18.7 Å². The fraction of sp³-hybridized carbons (Fsp3) is 0.200. The third kappa shape index (κ3) is 2.75. The zero-order valence-electron chi connectivity index (χ0n) is 12.1. The van der Waals surface area contributed by atoms with E-state index in [0.29, 0.717) is 10.8 Å². The number of aromatic nitrogens is 3. The van der Waals surface area contributed by atoms with Crippen molar-refractivity contribution in [3.8, 4) is 0 Å². The van der Waals surface area contributed by atoms with Crippen molar-refractivity contribution in [1.29, 1.82) is 0 Å². The Hall–Kier alpha value is -2.54. The Labute approximate surface area is 130 Å². The molecule has 1 atom stereocenters. The lowest BCUT2D eigenvalue weighted by molar-refractivity contribution is -0.119. The number of fused-ring (bicyclic) bond motifs is 1. The van der Waals surface area contributed by atoms with E-state index in [1.807, 2.05) is 24.3 Å². The second-order valence-corrected chi connectivity index (χ2v) is 5.94. The molecule has 0 saturated carbocycles. The van der Waals surface area contributed by atoms with Gasteiger partial charge in [0, 0.05) is 6.07 Å². The lowest BCUT2D eigenvalue weighted by atomic mass is 10.3. The first-order valence-electron chi connectivity index (χ1n) is 6.77. The van der Waals surface area contributed by atoms with Crippen LogP contribution < -0.4 is 10.9 Å². The number of anilines is 1. The molecule has 112 valence electrons. The quantitative estimate of drug-likeness (QED) is 0.805. The predicted molar refractivity (Wildman–Crippen MR) is 86.2 cm³/mol. The third-order valence-electron chi connectivity index (χ3n) is 3.23. The van der Waals surface area contributed by atoms with Crippen molar-refractivity contribution in [2.45, 2.75) is 19.9 Å². The predicted octanol–water partition coefficient (Wildman–Crippen LogP) is 2.36. The van der Waals surface area contributed by atoms with Crippen LogP contribution in [0.25, 0.3) is 10.2 Å². The molecule has 0 saturated heterocycles. The second-order valence-electron chi connectivity index (χ2n) is 4.91. The van der Waals surface area contributed by atoms with Crippen LogP contribution in [0.4, 0.5) is 5.13 Å². The van der Waals surface area contributed by atoms with Crippen LogP contribution in [0.5, 0.6) is 0 Å². The van der Waals surface area contributed by atoms with Crippen LogP contribution in [-0.2, 0) is 4.79 Å². The number of thiazole rings is 1. The van der Waals surface area contributed by atoms with E-state index in [1.165, 1.54) is 22.1 Å². The largest absolute Gasteiger partial charge is 0.300 e. The number of hydrogen-bond donors (Lipinski definition) is 1. The molecule has 2 heterocycles. The van der Waals surface area contributed by atoms with E-state index < -0.39 is 6.04 Å². The molecule has 0 aliphatic carbocycles. The van der Waals surface area contributed by atoms with Crippen molar-refractivity contribution in [3.05, 3.63) is 52.4 Å². The summed E-state index contributed by atoms with van der Waals surface area (Å²) in [7, 11) is 0. The van der Waals surface area contributed by atoms with Gasteiger partial charge in [0.05, 0.1) is 15.9 Å². The van der Waals surface area contributed by atoms with E-state index in [1.54, 1.807) is 19.9 Å². The number of carbonyl (C=O) groups excluding carboxylic acids is 1. The topological polar surface area (TPSA) is 76.9 Å². The van der Waals surface area contributed by atoms with Crippen LogP contribution in [0.2, 0.25) is 0 Å². The van der Waals surface area contributed by atoms with Gasteiger partial charge in [0.25, 0.3) is 11.5 Å². The normalized spacial score (nSPS) is 12.3. The number of para-hydroxylation sites is 1. The van der Waals surface area contributed by atoms with Crippen molar-refractivity contribution in [2.75, 3.05) is 5.32 Å². The molecule has 0 spiro atoms. The van der Waals surface area contributed by atoms with Gasteiger partial charge >= 0.3 is 0 Å². The zero-order chi connectivity index (χ0) is 15.7. The molecule has 7 heteroatoms. The lowest BCUT2D eigenvalue weighted by Gasteiger charge is -2.12. The number of aryl methyl sites for hydroxylation is 1. The summed E-state index contributed by atoms with van der Waals surface area (Å²) in [6.07, 6.45) is 0. The number of amides is 1. The Kier molecular flexibility index (Phi) is 3.72. The van der Waals surface area contributed by atoms with Crippen molar-refractivity contribution in [2.24, 2.45) is 0 Å². The molecule has 1 amide bonds. The molecule has 0 radical (unpaired) electrons. The van der Waals surface area contributed by atoms with Gasteiger partial charge in [-0.3, -0.25) is 9.59 Å². The van der Waals surface area contributed by atoms with Crippen molar-refractivity contribution < 1.29 is 4.79 Å². The zero-order valence-corrected chi connectivity index (χ0v) is 12.9. The fourth-order valence-electron chi connectivity index (χ4n) is 2.04. The molecule has 0 aliphatic heterocycles. The minimum absolute atomic E-state index is 0.308. The van der Waals surface area contributed by atoms with Crippen molar-refractivity contribution in [3.63, 3.8) is 0 Å². The number of nitrogens with zero attached hydrogens (tertiary/aromatic N) is 3. The number of carbonyl (C=O) groups is 1. The van der Waals surface area contributed by atoms with Crippen LogP contribution in [0.3, 0.4) is 0 Å². The van der Waals surface area contributed by atoms with Crippen LogP contribution in [0.15, 0.2) is 41.2 Å². The maximum absolute atomic E-state index is 12.3. The van der Waals surface area contributed by atoms with E-state index >= 15 is 0 Å². The summed E-state index contributed by atoms with van der Waals surface area (Å²) in [5.41, 5.74) is 1.21. The van der Waals surface area contributed by atoms with E-state index in [4.69, 9.17) is 0 Å². The molecule has 0 aliphatic rings. The summed E-state index contributed by atoms with van der Waals surface area (Å²) >= 11 is 1.39. The maximum Gasteiger partial charge on any atom is 0.267 e. The molecular formula is C15H14N4O2S. The van der Waals surface area contributed by atoms with Gasteiger partial charge in [-0.1, -0.05) is 23.5 Å². The van der Waals surface area contributed by atoms with E-state index in [-0.39, 0.29) is 11.5 Å². The number of nitrogens with one attached hydrogen (secondary N) is 1. The molecule has 1 N–H and O–H groups in total. The second kappa shape index (κ2) is 5.69. The van der Waals surface area contributed by atoms with Gasteiger partial charge in [-0.15, -0.1) is 0 Å². The summed E-state index contributed by atoms with van der Waals surface area (Å²) in [5.74, 6) is -0.320. The van der Waals surface area contributed by atoms with Gasteiger partial charge in [0.1, 0.15) is 6.04 Å². The Morgan fingerprint density at radius 1 is 1.27 bits per heavy atom. The number of benzene rings is 1. The number of hydrogen-bond acceptors (Lipinski definition) is 5. The van der Waals surface area contributed by atoms with Gasteiger partial charge in [-0.2, -0.15) is 5.10 Å². The van der Waals surface area contributed by atoms with E-state index in [9.17, 15) is 9.59 Å². The van der Waals surface area contributed by atoms with E-state index in [0.717, 1.165) is 10.2 Å². The molecule has 0 bridgehead atoms. The Bertz CT molecular complexity index is 867. The van der Waals surface area contributed by atoms with Crippen LogP contribution in [0, 0.1) is 6.92 Å².